The highest BCUT2D eigenvalue weighted by Crippen LogP contribution is 2.42. The summed E-state index contributed by atoms with van der Waals surface area (Å²) in [6, 6.07) is 6.49. The van der Waals surface area contributed by atoms with Crippen molar-refractivity contribution in [2.45, 2.75) is 88.6 Å². The summed E-state index contributed by atoms with van der Waals surface area (Å²) in [5, 5.41) is 14.0. The van der Waals surface area contributed by atoms with Gasteiger partial charge >= 0.3 is 6.09 Å². The first-order valence-electron chi connectivity index (χ1n) is 13.6. The lowest BCUT2D eigenvalue weighted by molar-refractivity contribution is -0.131. The van der Waals surface area contributed by atoms with E-state index in [0.717, 1.165) is 37.8 Å². The highest BCUT2D eigenvalue weighted by Gasteiger charge is 2.48. The van der Waals surface area contributed by atoms with Gasteiger partial charge in [0.25, 0.3) is 0 Å². The average molecular weight is 523 g/mol. The predicted octanol–water partition coefficient (Wildman–Crippen LogP) is 2.87. The molecular weight excluding hydrogens is 484 g/mol. The zero-order chi connectivity index (χ0) is 26.9. The molecule has 4 heterocycles. The molecule has 2 aliphatic heterocycles. The third kappa shape index (κ3) is 5.66. The molecule has 0 radical (unpaired) electrons. The van der Waals surface area contributed by atoms with Gasteiger partial charge < -0.3 is 20.1 Å². The Kier molecular flexibility index (Phi) is 7.37. The summed E-state index contributed by atoms with van der Waals surface area (Å²) in [7, 11) is 0. The number of pyridine rings is 1. The Hall–Kier alpha value is -3.11. The van der Waals surface area contributed by atoms with Crippen LogP contribution in [0.3, 0.4) is 0 Å². The molecular formula is C28H38N6O4. The van der Waals surface area contributed by atoms with Gasteiger partial charge in [0.2, 0.25) is 5.91 Å². The van der Waals surface area contributed by atoms with E-state index < -0.39 is 17.3 Å². The number of carbonyl (C=O) groups is 2. The second kappa shape index (κ2) is 10.6. The molecule has 0 bridgehead atoms. The first-order chi connectivity index (χ1) is 18.1. The number of hydrogen-bond acceptors (Lipinski definition) is 8. The smallest absolute Gasteiger partial charge is 0.408 e. The van der Waals surface area contributed by atoms with Gasteiger partial charge in [-0.15, -0.1) is 0 Å². The van der Waals surface area contributed by atoms with E-state index in [9.17, 15) is 14.7 Å². The fraction of sp³-hybridized carbons (Fsp3) is 0.607. The minimum Gasteiger partial charge on any atom is -0.444 e. The number of aromatic nitrogens is 3. The van der Waals surface area contributed by atoms with Crippen LogP contribution in [0.2, 0.25) is 0 Å². The summed E-state index contributed by atoms with van der Waals surface area (Å²) in [4.78, 5) is 42.5. The van der Waals surface area contributed by atoms with Crippen LogP contribution in [0.15, 0.2) is 36.8 Å². The molecule has 2 saturated heterocycles. The van der Waals surface area contributed by atoms with Crippen molar-refractivity contribution in [3.05, 3.63) is 42.5 Å². The standard InChI is InChI=1S/C28H38N6O4/c1-27(2,3)38-26(36)32-18-24(35)34-16-10-21-22(34)9-15-33(21)20-7-11-28(37,12-8-20)23-6-5-19(17-31-23)25-29-13-4-14-30-25/h4-6,13-14,17,20-22,37H,7-12,15-16,18H2,1-3H3,(H,32,36). The largest absolute Gasteiger partial charge is 0.444 e. The molecule has 2 aromatic rings. The maximum atomic E-state index is 12.9. The summed E-state index contributed by atoms with van der Waals surface area (Å²) >= 11 is 0. The minimum atomic E-state index is -0.934. The average Bonchev–Trinajstić information content (AvgIpc) is 3.50. The Morgan fingerprint density at radius 3 is 2.42 bits per heavy atom. The number of amides is 2. The Balaban J connectivity index is 1.14. The quantitative estimate of drug-likeness (QED) is 0.615. The third-order valence-corrected chi connectivity index (χ3v) is 8.04. The maximum Gasteiger partial charge on any atom is 0.408 e. The van der Waals surface area contributed by atoms with Gasteiger partial charge in [-0.05, 0) is 77.5 Å². The number of nitrogens with zero attached hydrogens (tertiary/aromatic N) is 5. The molecule has 3 aliphatic rings. The fourth-order valence-electron chi connectivity index (χ4n) is 6.26. The summed E-state index contributed by atoms with van der Waals surface area (Å²) in [6.45, 7) is 7.01. The highest BCUT2D eigenvalue weighted by atomic mass is 16.6. The molecule has 2 atom stereocenters. The Morgan fingerprint density at radius 1 is 1.05 bits per heavy atom. The van der Waals surface area contributed by atoms with E-state index in [1.54, 1.807) is 45.4 Å². The topological polar surface area (TPSA) is 121 Å². The second-order valence-electron chi connectivity index (χ2n) is 11.7. The molecule has 5 rings (SSSR count). The second-order valence-corrected chi connectivity index (χ2v) is 11.7. The van der Waals surface area contributed by atoms with Gasteiger partial charge in [0.15, 0.2) is 5.82 Å². The van der Waals surface area contributed by atoms with E-state index in [-0.39, 0.29) is 18.5 Å². The van der Waals surface area contributed by atoms with Crippen molar-refractivity contribution < 1.29 is 19.4 Å². The number of likely N-dealkylation sites (tertiary alicyclic amines) is 2. The van der Waals surface area contributed by atoms with Gasteiger partial charge in [-0.25, -0.2) is 14.8 Å². The molecule has 38 heavy (non-hydrogen) atoms. The van der Waals surface area contributed by atoms with Crippen molar-refractivity contribution in [3.8, 4) is 11.4 Å². The van der Waals surface area contributed by atoms with E-state index >= 15 is 0 Å². The highest BCUT2D eigenvalue weighted by molar-refractivity contribution is 5.83. The Bertz CT molecular complexity index is 1130. The summed E-state index contributed by atoms with van der Waals surface area (Å²) in [5.41, 5.74) is -0.00133. The van der Waals surface area contributed by atoms with E-state index in [0.29, 0.717) is 43.0 Å². The molecule has 10 nitrogen and oxygen atoms in total. The lowest BCUT2D eigenvalue weighted by Crippen LogP contribution is -2.48. The molecule has 0 spiro atoms. The fourth-order valence-corrected chi connectivity index (χ4v) is 6.26. The molecule has 1 saturated carbocycles. The van der Waals surface area contributed by atoms with Crippen molar-refractivity contribution in [1.82, 2.24) is 30.1 Å². The summed E-state index contributed by atoms with van der Waals surface area (Å²) in [6.07, 6.45) is 9.54. The zero-order valence-corrected chi connectivity index (χ0v) is 22.5. The molecule has 204 valence electrons. The lowest BCUT2D eigenvalue weighted by Gasteiger charge is -2.41. The number of rotatable bonds is 5. The number of alkyl carbamates (subject to hydrolysis) is 1. The number of fused-ring (bicyclic) bond motifs is 1. The van der Waals surface area contributed by atoms with Crippen LogP contribution in [0.25, 0.3) is 11.4 Å². The SMILES string of the molecule is CC(C)(C)OC(=O)NCC(=O)N1CCC2C1CCN2C1CCC(O)(c2ccc(-c3ncccn3)cn2)CC1. The van der Waals surface area contributed by atoms with Gasteiger partial charge in [0, 0.05) is 55.4 Å². The molecule has 2 N–H and O–H groups in total. The van der Waals surface area contributed by atoms with Crippen molar-refractivity contribution in [2.75, 3.05) is 19.6 Å². The van der Waals surface area contributed by atoms with E-state index in [4.69, 9.17) is 4.74 Å². The first kappa shape index (κ1) is 26.5. The lowest BCUT2D eigenvalue weighted by atomic mass is 9.79. The van der Waals surface area contributed by atoms with E-state index in [2.05, 4.69) is 25.2 Å². The Morgan fingerprint density at radius 2 is 1.76 bits per heavy atom. The number of carbonyl (C=O) groups excluding carboxylic acids is 2. The molecule has 10 heteroatoms. The van der Waals surface area contributed by atoms with Gasteiger partial charge in [-0.2, -0.15) is 0 Å². The third-order valence-electron chi connectivity index (χ3n) is 8.04. The molecule has 0 aromatic carbocycles. The maximum absolute atomic E-state index is 12.9. The molecule has 2 unspecified atom stereocenters. The van der Waals surface area contributed by atoms with Crippen LogP contribution in [-0.2, 0) is 15.1 Å². The van der Waals surface area contributed by atoms with Crippen LogP contribution in [0, 0.1) is 0 Å². The van der Waals surface area contributed by atoms with Crippen molar-refractivity contribution in [3.63, 3.8) is 0 Å². The van der Waals surface area contributed by atoms with Crippen LogP contribution >= 0.6 is 0 Å². The number of nitrogens with one attached hydrogen (secondary N) is 1. The normalized spacial score (nSPS) is 27.7. The van der Waals surface area contributed by atoms with Crippen LogP contribution in [0.1, 0.15) is 65.0 Å². The van der Waals surface area contributed by atoms with Crippen molar-refractivity contribution in [1.29, 1.82) is 0 Å². The predicted molar refractivity (Wildman–Crippen MR) is 141 cm³/mol. The zero-order valence-electron chi connectivity index (χ0n) is 22.5. The van der Waals surface area contributed by atoms with Crippen molar-refractivity contribution >= 4 is 12.0 Å². The molecule has 2 amide bonds. The Labute approximate surface area is 223 Å². The monoisotopic (exact) mass is 522 g/mol. The van der Waals surface area contributed by atoms with Gasteiger partial charge in [0.1, 0.15) is 17.7 Å². The van der Waals surface area contributed by atoms with E-state index in [1.165, 1.54) is 0 Å². The minimum absolute atomic E-state index is 0.0449. The first-order valence-corrected chi connectivity index (χ1v) is 13.6. The summed E-state index contributed by atoms with van der Waals surface area (Å²) < 4.78 is 5.25. The van der Waals surface area contributed by atoms with Crippen molar-refractivity contribution in [2.24, 2.45) is 0 Å². The van der Waals surface area contributed by atoms with Crippen LogP contribution < -0.4 is 5.32 Å². The van der Waals surface area contributed by atoms with Crippen LogP contribution in [0.5, 0.6) is 0 Å². The molecule has 2 aromatic heterocycles. The van der Waals surface area contributed by atoms with Crippen LogP contribution in [-0.4, -0.2) is 85.2 Å². The molecule has 3 fully saturated rings. The number of aliphatic hydroxyl groups is 1. The molecule has 1 aliphatic carbocycles. The van der Waals surface area contributed by atoms with Gasteiger partial charge in [0.05, 0.1) is 5.69 Å². The van der Waals surface area contributed by atoms with Gasteiger partial charge in [-0.3, -0.25) is 14.7 Å². The van der Waals surface area contributed by atoms with Crippen LogP contribution in [0.4, 0.5) is 4.79 Å². The number of ether oxygens (including phenoxy) is 1. The van der Waals surface area contributed by atoms with Gasteiger partial charge in [-0.1, -0.05) is 0 Å². The number of hydrogen-bond donors (Lipinski definition) is 2. The summed E-state index contributed by atoms with van der Waals surface area (Å²) in [5.74, 6) is 0.564. The van der Waals surface area contributed by atoms with E-state index in [1.807, 2.05) is 17.0 Å².